The monoisotopic (exact) mass is 512 g/mol. The minimum Gasteiger partial charge on any atom is -0.491 e. The summed E-state index contributed by atoms with van der Waals surface area (Å²) < 4.78 is 25.4. The number of benzene rings is 2. The molecule has 0 aliphatic rings. The van der Waals surface area contributed by atoms with Gasteiger partial charge in [0.1, 0.15) is 30.4 Å². The van der Waals surface area contributed by atoms with Crippen LogP contribution in [0.1, 0.15) is 34.1 Å². The molecule has 9 heteroatoms. The number of hydrogen-bond acceptors (Lipinski definition) is 6. The number of anilines is 2. The lowest BCUT2D eigenvalue weighted by atomic mass is 9.96. The summed E-state index contributed by atoms with van der Waals surface area (Å²) in [5, 5.41) is 6.46. The minimum absolute atomic E-state index is 0.0567. The Morgan fingerprint density at radius 2 is 1.73 bits per heavy atom. The van der Waals surface area contributed by atoms with Crippen molar-refractivity contribution in [3.8, 4) is 5.75 Å². The summed E-state index contributed by atoms with van der Waals surface area (Å²) in [5.74, 6) is -0.545. The molecule has 0 heterocycles. The first kappa shape index (κ1) is 29.5. The Morgan fingerprint density at radius 3 is 2.27 bits per heavy atom. The maximum absolute atomic E-state index is 15.0. The minimum atomic E-state index is -0.530. The van der Waals surface area contributed by atoms with Crippen molar-refractivity contribution in [3.05, 3.63) is 52.7 Å². The molecular weight excluding hydrogens is 475 g/mol. The highest BCUT2D eigenvalue weighted by Crippen LogP contribution is 2.17. The SMILES string of the molecule is C=c1cc(OCCOC)cc(F)/c1=C(/N=C\C)Nc1ccc(NC(=O)CC(=O)N(C)CC(C)(C)C)cc1. The summed E-state index contributed by atoms with van der Waals surface area (Å²) in [6.45, 7) is 13.0. The Morgan fingerprint density at radius 1 is 1.11 bits per heavy atom. The molecule has 0 fully saturated rings. The van der Waals surface area contributed by atoms with E-state index in [2.05, 4.69) is 22.2 Å². The van der Waals surface area contributed by atoms with Crippen LogP contribution in [0.5, 0.6) is 5.75 Å². The van der Waals surface area contributed by atoms with Gasteiger partial charge in [-0.3, -0.25) is 9.59 Å². The normalized spacial score (nSPS) is 12.3. The Hall–Kier alpha value is -3.72. The highest BCUT2D eigenvalue weighted by atomic mass is 19.1. The second kappa shape index (κ2) is 13.5. The number of carbonyl (C=O) groups is 2. The Balaban J connectivity index is 2.14. The fourth-order valence-electron chi connectivity index (χ4n) is 3.57. The zero-order valence-corrected chi connectivity index (χ0v) is 22.5. The number of nitrogens with zero attached hydrogens (tertiary/aromatic N) is 2. The maximum atomic E-state index is 15.0. The van der Waals surface area contributed by atoms with Gasteiger partial charge < -0.3 is 25.0 Å². The maximum Gasteiger partial charge on any atom is 0.233 e. The third kappa shape index (κ3) is 9.69. The molecule has 0 aliphatic heterocycles. The Kier molecular flexibility index (Phi) is 10.8. The molecule has 0 saturated heterocycles. The van der Waals surface area contributed by atoms with E-state index >= 15 is 0 Å². The zero-order chi connectivity index (χ0) is 27.6. The van der Waals surface area contributed by atoms with Gasteiger partial charge in [0.15, 0.2) is 0 Å². The number of carbonyl (C=O) groups excluding carboxylic acids is 2. The number of aliphatic imine (C=N–C) groups is 1. The van der Waals surface area contributed by atoms with Crippen molar-refractivity contribution in [1.29, 1.82) is 0 Å². The van der Waals surface area contributed by atoms with Gasteiger partial charge in [-0.15, -0.1) is 0 Å². The van der Waals surface area contributed by atoms with Gasteiger partial charge >= 0.3 is 0 Å². The van der Waals surface area contributed by atoms with Crippen molar-refractivity contribution in [2.75, 3.05) is 44.5 Å². The first-order chi connectivity index (χ1) is 17.4. The van der Waals surface area contributed by atoms with Crippen molar-refractivity contribution in [1.82, 2.24) is 4.90 Å². The number of methoxy groups -OCH3 is 1. The highest BCUT2D eigenvalue weighted by Gasteiger charge is 2.19. The number of halogens is 1. The third-order valence-corrected chi connectivity index (χ3v) is 5.08. The van der Waals surface area contributed by atoms with Gasteiger partial charge in [0, 0.05) is 44.4 Å². The quantitative estimate of drug-likeness (QED) is 0.274. The fraction of sp³-hybridized carbons (Fsp3) is 0.393. The summed E-state index contributed by atoms with van der Waals surface area (Å²) in [6, 6.07) is 9.73. The highest BCUT2D eigenvalue weighted by molar-refractivity contribution is 6.03. The molecule has 2 N–H and O–H groups in total. The van der Waals surface area contributed by atoms with Crippen molar-refractivity contribution >= 4 is 41.8 Å². The average molecular weight is 513 g/mol. The first-order valence-electron chi connectivity index (χ1n) is 12.0. The van der Waals surface area contributed by atoms with E-state index in [0.29, 0.717) is 42.1 Å². The van der Waals surface area contributed by atoms with E-state index in [1.54, 1.807) is 62.5 Å². The van der Waals surface area contributed by atoms with Gasteiger partial charge in [-0.1, -0.05) is 27.4 Å². The van der Waals surface area contributed by atoms with Crippen molar-refractivity contribution in [2.24, 2.45) is 10.4 Å². The number of ether oxygens (including phenoxy) is 2. The molecule has 0 atom stereocenters. The summed E-state index contributed by atoms with van der Waals surface area (Å²) in [5.41, 5.74) is 1.10. The van der Waals surface area contributed by atoms with Crippen LogP contribution in [0.4, 0.5) is 15.8 Å². The van der Waals surface area contributed by atoms with Gasteiger partial charge in [0.05, 0.1) is 11.8 Å². The van der Waals surface area contributed by atoms with E-state index in [0.717, 1.165) is 0 Å². The van der Waals surface area contributed by atoms with Gasteiger partial charge in [-0.05, 0) is 47.9 Å². The predicted octanol–water partition coefficient (Wildman–Crippen LogP) is 3.36. The Bertz CT molecular complexity index is 1220. The molecule has 0 aliphatic carbocycles. The van der Waals surface area contributed by atoms with Crippen molar-refractivity contribution in [2.45, 2.75) is 34.1 Å². The largest absolute Gasteiger partial charge is 0.491 e. The lowest BCUT2D eigenvalue weighted by molar-refractivity contribution is -0.134. The van der Waals surface area contributed by atoms with Crippen LogP contribution >= 0.6 is 0 Å². The van der Waals surface area contributed by atoms with Crippen LogP contribution < -0.4 is 25.8 Å². The van der Waals surface area contributed by atoms with Crippen LogP contribution in [0, 0.1) is 11.2 Å². The topological polar surface area (TPSA) is 92.3 Å². The van der Waals surface area contributed by atoms with Gasteiger partial charge in [0.25, 0.3) is 0 Å². The molecule has 0 unspecified atom stereocenters. The molecule has 0 radical (unpaired) electrons. The molecule has 200 valence electrons. The molecule has 0 aromatic heterocycles. The number of rotatable bonds is 11. The molecule has 2 rings (SSSR count). The summed E-state index contributed by atoms with van der Waals surface area (Å²) in [4.78, 5) is 30.5. The van der Waals surface area contributed by atoms with E-state index in [-0.39, 0.29) is 28.8 Å². The average Bonchev–Trinajstić information content (AvgIpc) is 2.79. The van der Waals surface area contributed by atoms with E-state index in [9.17, 15) is 14.0 Å². The van der Waals surface area contributed by atoms with Crippen LogP contribution in [0.2, 0.25) is 0 Å². The van der Waals surface area contributed by atoms with Gasteiger partial charge in [0.2, 0.25) is 11.8 Å². The third-order valence-electron chi connectivity index (χ3n) is 5.08. The van der Waals surface area contributed by atoms with Crippen LogP contribution in [0.25, 0.3) is 12.4 Å². The standard InChI is InChI=1S/C28H37FN4O4/c1-8-30-27(26-19(2)15-22(16-23(26)29)37-14-13-36-7)32-21-11-9-20(10-12-21)31-24(34)17-25(35)33(6)18-28(3,4)5/h8-12,15-16,32H,2,13-14,17-18H2,1,3-7H3,(H,31,34)/b27-26-,30-8-. The summed E-state index contributed by atoms with van der Waals surface area (Å²) in [7, 11) is 3.25. The molecular formula is C28H37FN4O4. The van der Waals surface area contributed by atoms with E-state index in [4.69, 9.17) is 9.47 Å². The van der Waals surface area contributed by atoms with Gasteiger partial charge in [-0.25, -0.2) is 9.38 Å². The first-order valence-corrected chi connectivity index (χ1v) is 12.0. The Labute approximate surface area is 217 Å². The van der Waals surface area contributed by atoms with E-state index in [1.165, 1.54) is 6.07 Å². The van der Waals surface area contributed by atoms with Crippen LogP contribution in [-0.4, -0.2) is 56.8 Å². The number of amides is 2. The second-order valence-electron chi connectivity index (χ2n) is 9.75. The number of nitrogens with one attached hydrogen (secondary N) is 2. The molecule has 0 spiro atoms. The number of hydrogen-bond donors (Lipinski definition) is 2. The van der Waals surface area contributed by atoms with E-state index in [1.807, 2.05) is 20.8 Å². The predicted molar refractivity (Wildman–Crippen MR) is 147 cm³/mol. The summed E-state index contributed by atoms with van der Waals surface area (Å²) >= 11 is 0. The van der Waals surface area contributed by atoms with E-state index < -0.39 is 11.7 Å². The molecule has 2 amide bonds. The lowest BCUT2D eigenvalue weighted by Gasteiger charge is -2.26. The van der Waals surface area contributed by atoms with Crippen molar-refractivity contribution < 1.29 is 23.5 Å². The molecule has 2 aromatic carbocycles. The van der Waals surface area contributed by atoms with Gasteiger partial charge in [-0.2, -0.15) is 0 Å². The molecule has 37 heavy (non-hydrogen) atoms. The smallest absolute Gasteiger partial charge is 0.233 e. The fourth-order valence-corrected chi connectivity index (χ4v) is 3.57. The van der Waals surface area contributed by atoms with Crippen LogP contribution in [0.15, 0.2) is 41.4 Å². The lowest BCUT2D eigenvalue weighted by Crippen LogP contribution is -2.36. The second-order valence-corrected chi connectivity index (χ2v) is 9.75. The van der Waals surface area contributed by atoms with Crippen LogP contribution in [0.3, 0.4) is 0 Å². The molecule has 0 saturated carbocycles. The molecule has 8 nitrogen and oxygen atoms in total. The molecule has 2 aromatic rings. The zero-order valence-electron chi connectivity index (χ0n) is 22.5. The summed E-state index contributed by atoms with van der Waals surface area (Å²) in [6.07, 6.45) is 1.30. The molecule has 0 bridgehead atoms. The van der Waals surface area contributed by atoms with Crippen molar-refractivity contribution in [3.63, 3.8) is 0 Å². The van der Waals surface area contributed by atoms with Crippen LogP contribution in [-0.2, 0) is 14.3 Å².